The molecule has 4 aliphatic rings. The van der Waals surface area contributed by atoms with Crippen LogP contribution < -0.4 is 21.7 Å². The smallest absolute Gasteiger partial charge is 0.325 e. The minimum Gasteiger partial charge on any atom is -0.464 e. The van der Waals surface area contributed by atoms with E-state index in [9.17, 15) is 19.2 Å². The van der Waals surface area contributed by atoms with Crippen LogP contribution in [0.25, 0.3) is 0 Å². The number of urea groups is 1. The molecular formula is C39H79N5O7. The first-order valence-corrected chi connectivity index (χ1v) is 19.7. The molecule has 3 atom stereocenters. The molecule has 3 saturated carbocycles. The Hall–Kier alpha value is -3.18. The van der Waals surface area contributed by atoms with Crippen molar-refractivity contribution in [1.29, 1.82) is 0 Å². The molecule has 0 bridgehead atoms. The summed E-state index contributed by atoms with van der Waals surface area (Å²) in [5.41, 5.74) is 3.59. The second kappa shape index (κ2) is 35.2. The summed E-state index contributed by atoms with van der Waals surface area (Å²) in [4.78, 5) is 69.6. The molecule has 0 aromatic heterocycles. The van der Waals surface area contributed by atoms with Gasteiger partial charge in [0.2, 0.25) is 18.2 Å². The van der Waals surface area contributed by atoms with Crippen LogP contribution >= 0.6 is 0 Å². The number of carbonyl (C=O) groups is 6. The summed E-state index contributed by atoms with van der Waals surface area (Å²) >= 11 is 0. The van der Waals surface area contributed by atoms with Crippen LogP contribution in [0.15, 0.2) is 0 Å². The molecule has 1 aliphatic heterocycles. The highest BCUT2D eigenvalue weighted by atomic mass is 16.5. The van der Waals surface area contributed by atoms with Crippen molar-refractivity contribution < 1.29 is 33.5 Å². The van der Waals surface area contributed by atoms with Gasteiger partial charge in [-0.05, 0) is 63.2 Å². The summed E-state index contributed by atoms with van der Waals surface area (Å²) in [6.45, 7) is 25.7. The highest BCUT2D eigenvalue weighted by molar-refractivity contribution is 5.93. The van der Waals surface area contributed by atoms with Gasteiger partial charge in [-0.3, -0.25) is 19.2 Å². The summed E-state index contributed by atoms with van der Waals surface area (Å²) in [6.07, 6.45) is 13.9. The highest BCUT2D eigenvalue weighted by Gasteiger charge is 2.42. The van der Waals surface area contributed by atoms with E-state index < -0.39 is 29.5 Å². The number of nitrogens with two attached hydrogens (primary N) is 1. The Morgan fingerprint density at radius 1 is 0.804 bits per heavy atom. The van der Waals surface area contributed by atoms with Crippen LogP contribution in [0.2, 0.25) is 0 Å². The van der Waals surface area contributed by atoms with E-state index in [1.807, 2.05) is 83.1 Å². The topological polar surface area (TPSA) is 177 Å². The minimum atomic E-state index is -0.836. The van der Waals surface area contributed by atoms with Crippen LogP contribution in [0.5, 0.6) is 0 Å². The van der Waals surface area contributed by atoms with Crippen LogP contribution in [0.3, 0.4) is 0 Å². The number of likely N-dealkylation sites (tertiary alicyclic amines) is 1. The van der Waals surface area contributed by atoms with Crippen molar-refractivity contribution in [1.82, 2.24) is 20.9 Å². The molecule has 51 heavy (non-hydrogen) atoms. The van der Waals surface area contributed by atoms with E-state index in [0.717, 1.165) is 32.0 Å². The van der Waals surface area contributed by atoms with Crippen LogP contribution in [0.4, 0.5) is 4.79 Å². The summed E-state index contributed by atoms with van der Waals surface area (Å²) in [7, 11) is 0. The largest absolute Gasteiger partial charge is 0.464 e. The highest BCUT2D eigenvalue weighted by Crippen LogP contribution is 2.33. The zero-order chi connectivity index (χ0) is 40.4. The predicted molar refractivity (Wildman–Crippen MR) is 209 cm³/mol. The molecule has 0 aromatic rings. The zero-order valence-electron chi connectivity index (χ0n) is 34.8. The lowest BCUT2D eigenvalue weighted by Crippen LogP contribution is -2.59. The van der Waals surface area contributed by atoms with Gasteiger partial charge in [-0.25, -0.2) is 4.79 Å². The van der Waals surface area contributed by atoms with Crippen molar-refractivity contribution in [3.05, 3.63) is 0 Å². The fraction of sp³-hybridized carbons (Fsp3) is 0.846. The van der Waals surface area contributed by atoms with Gasteiger partial charge in [-0.2, -0.15) is 0 Å². The van der Waals surface area contributed by atoms with Crippen molar-refractivity contribution in [3.8, 4) is 0 Å². The first-order valence-electron chi connectivity index (χ1n) is 19.7. The molecule has 5 N–H and O–H groups in total. The van der Waals surface area contributed by atoms with E-state index in [0.29, 0.717) is 31.4 Å². The van der Waals surface area contributed by atoms with Crippen molar-refractivity contribution in [2.24, 2.45) is 23.0 Å². The Morgan fingerprint density at radius 3 is 1.65 bits per heavy atom. The SMILES string of the molecule is C1CCC1.CC.CC.CC.CC.CC(CC1CC1)NC(=O)C1CCCN1C(=O)C(NC(=O)NCC(=O)OCC1CC1)C(C)(C)C.CC=O.NC=O. The van der Waals surface area contributed by atoms with Gasteiger partial charge in [-0.1, -0.05) is 115 Å². The molecule has 4 rings (SSSR count). The Kier molecular flexibility index (Phi) is 37.7. The normalized spacial score (nSPS) is 17.3. The lowest BCUT2D eigenvalue weighted by molar-refractivity contribution is -0.142. The lowest BCUT2D eigenvalue weighted by Gasteiger charge is -2.35. The first kappa shape index (κ1) is 54.6. The fourth-order valence-corrected chi connectivity index (χ4v) is 4.50. The second-order valence-electron chi connectivity index (χ2n) is 12.8. The average Bonchev–Trinajstić information content (AvgIpc) is 4.03. The molecule has 0 aromatic carbocycles. The van der Waals surface area contributed by atoms with Crippen LogP contribution in [0, 0.1) is 17.3 Å². The summed E-state index contributed by atoms with van der Waals surface area (Å²) < 4.78 is 5.12. The standard InChI is InChI=1S/C24H40N4O5.C4H8.C2H4O.4C2H6.CH3NO/c1-15(12-16-7-8-16)26-21(30)18-6-5-11-28(18)22(31)20(24(2,3)4)27-23(32)25-13-19(29)33-14-17-9-10-17;1-2-4-3-1;1-2-3;4*1-2;2-1-3/h15-18,20H,5-14H2,1-4H3,(H,26,30)(H2,25,27,32);1-4H2;2H,1H3;4*1-2H3;1H,(H2,2,3). The van der Waals surface area contributed by atoms with Crippen molar-refractivity contribution >= 4 is 36.5 Å². The Bertz CT molecular complexity index is 889. The van der Waals surface area contributed by atoms with E-state index in [1.165, 1.54) is 45.4 Å². The lowest BCUT2D eigenvalue weighted by atomic mass is 9.85. The second-order valence-corrected chi connectivity index (χ2v) is 12.8. The number of hydrogen-bond donors (Lipinski definition) is 4. The Morgan fingerprint density at radius 2 is 1.25 bits per heavy atom. The summed E-state index contributed by atoms with van der Waals surface area (Å²) in [5, 5.41) is 8.27. The molecule has 3 aliphatic carbocycles. The number of esters is 1. The third-order valence-corrected chi connectivity index (χ3v) is 7.57. The average molecular weight is 730 g/mol. The third kappa shape index (κ3) is 29.1. The van der Waals surface area contributed by atoms with Gasteiger partial charge in [0.25, 0.3) is 0 Å². The van der Waals surface area contributed by atoms with E-state index >= 15 is 0 Å². The van der Waals surface area contributed by atoms with E-state index in [2.05, 4.69) is 21.7 Å². The molecule has 5 amide bonds. The zero-order valence-corrected chi connectivity index (χ0v) is 34.8. The maximum absolute atomic E-state index is 13.5. The number of primary amides is 1. The van der Waals surface area contributed by atoms with Crippen LogP contribution in [0.1, 0.15) is 161 Å². The van der Waals surface area contributed by atoms with Gasteiger partial charge in [0.15, 0.2) is 0 Å². The van der Waals surface area contributed by atoms with E-state index in [4.69, 9.17) is 14.3 Å². The molecule has 1 saturated heterocycles. The molecule has 12 nitrogen and oxygen atoms in total. The number of nitrogens with one attached hydrogen (secondary N) is 3. The molecule has 1 heterocycles. The van der Waals surface area contributed by atoms with Crippen molar-refractivity contribution in [2.75, 3.05) is 19.7 Å². The third-order valence-electron chi connectivity index (χ3n) is 7.57. The van der Waals surface area contributed by atoms with Crippen LogP contribution in [-0.2, 0) is 28.7 Å². The van der Waals surface area contributed by atoms with E-state index in [-0.39, 0.29) is 30.8 Å². The van der Waals surface area contributed by atoms with Gasteiger partial charge in [0, 0.05) is 12.6 Å². The number of hydrogen-bond acceptors (Lipinski definition) is 7. The molecule has 302 valence electrons. The predicted octanol–water partition coefficient (Wildman–Crippen LogP) is 6.92. The molecule has 3 unspecified atom stereocenters. The maximum atomic E-state index is 13.5. The van der Waals surface area contributed by atoms with Gasteiger partial charge in [0.1, 0.15) is 24.9 Å². The molecule has 0 radical (unpaired) electrons. The van der Waals surface area contributed by atoms with E-state index in [1.54, 1.807) is 4.90 Å². The van der Waals surface area contributed by atoms with Gasteiger partial charge in [0.05, 0.1) is 6.61 Å². The summed E-state index contributed by atoms with van der Waals surface area (Å²) in [6, 6.07) is -1.88. The quantitative estimate of drug-likeness (QED) is 0.139. The molecular weight excluding hydrogens is 650 g/mol. The summed E-state index contributed by atoms with van der Waals surface area (Å²) in [5.74, 6) is 0.270. The van der Waals surface area contributed by atoms with Crippen molar-refractivity contribution in [3.63, 3.8) is 0 Å². The first-order chi connectivity index (χ1) is 24.4. The fourth-order valence-electron chi connectivity index (χ4n) is 4.50. The number of ether oxygens (including phenoxy) is 1. The number of nitrogens with zero attached hydrogens (tertiary/aromatic N) is 1. The number of amides is 5. The van der Waals surface area contributed by atoms with Crippen molar-refractivity contribution in [2.45, 2.75) is 179 Å². The Balaban J connectivity index is -0.000000516. The van der Waals surface area contributed by atoms with Crippen LogP contribution in [-0.4, -0.2) is 79.2 Å². The molecule has 12 heteroatoms. The van der Waals surface area contributed by atoms with Gasteiger partial charge >= 0.3 is 12.0 Å². The maximum Gasteiger partial charge on any atom is 0.325 e. The van der Waals surface area contributed by atoms with Gasteiger partial charge < -0.3 is 36.1 Å². The minimum absolute atomic E-state index is 0.0875. The molecule has 4 fully saturated rings. The number of aldehydes is 1. The number of carbonyl (C=O) groups excluding carboxylic acids is 6. The Labute approximate surface area is 311 Å². The van der Waals surface area contributed by atoms with Gasteiger partial charge in [-0.15, -0.1) is 0 Å². The number of rotatable bonds is 10. The monoisotopic (exact) mass is 730 g/mol. The molecule has 0 spiro atoms.